The van der Waals surface area contributed by atoms with Gasteiger partial charge < -0.3 is 4.74 Å². The van der Waals surface area contributed by atoms with Crippen LogP contribution < -0.4 is 0 Å². The van der Waals surface area contributed by atoms with Gasteiger partial charge in [0, 0.05) is 39.3 Å². The van der Waals surface area contributed by atoms with Gasteiger partial charge in [-0.05, 0) is 6.42 Å². The summed E-state index contributed by atoms with van der Waals surface area (Å²) in [6.45, 7) is 5.27. The third-order valence-electron chi connectivity index (χ3n) is 1.82. The molecule has 1 aliphatic rings. The first-order valence-corrected chi connectivity index (χ1v) is 3.72. The van der Waals surface area contributed by atoms with Crippen LogP contribution in [0.3, 0.4) is 0 Å². The molecule has 1 radical (unpaired) electrons. The minimum atomic E-state index is 0. The fourth-order valence-electron chi connectivity index (χ4n) is 1.20. The van der Waals surface area contributed by atoms with Crippen molar-refractivity contribution in [1.82, 2.24) is 0 Å². The monoisotopic (exact) mass is 216 g/mol. The summed E-state index contributed by atoms with van der Waals surface area (Å²) in [6.07, 6.45) is 4.31. The van der Waals surface area contributed by atoms with Gasteiger partial charge >= 0.3 is 0 Å². The maximum Gasteiger partial charge on any atom is 0.0434 e. The molecule has 0 N–H and O–H groups in total. The summed E-state index contributed by atoms with van der Waals surface area (Å²) in [5.74, 6) is 1.43. The summed E-state index contributed by atoms with van der Waals surface area (Å²) in [6, 6.07) is 0. The molecule has 0 bridgehead atoms. The van der Waals surface area contributed by atoms with Crippen molar-refractivity contribution in [2.75, 3.05) is 6.61 Å². The molecule has 0 aromatic heterocycles. The number of hydrogen-bond acceptors (Lipinski definition) is 1. The van der Waals surface area contributed by atoms with Gasteiger partial charge in [-0.1, -0.05) is 18.9 Å². The van der Waals surface area contributed by atoms with Crippen LogP contribution in [0, 0.1) is 5.92 Å². The summed E-state index contributed by atoms with van der Waals surface area (Å²) < 4.78 is 5.50. The average Bonchev–Trinajstić information content (AvgIpc) is 1.90. The van der Waals surface area contributed by atoms with Crippen LogP contribution in [0.15, 0.2) is 0 Å². The predicted octanol–water partition coefficient (Wildman–Crippen LogP) is 2.17. The van der Waals surface area contributed by atoms with Crippen LogP contribution in [0.25, 0.3) is 0 Å². The Morgan fingerprint density at radius 2 is 2.00 bits per heavy atom. The van der Waals surface area contributed by atoms with Gasteiger partial charge in [-0.15, -0.1) is 0 Å². The van der Waals surface area contributed by atoms with Gasteiger partial charge in [0.2, 0.25) is 0 Å². The molecule has 1 fully saturated rings. The molecule has 10 heavy (non-hydrogen) atoms. The molecule has 1 saturated heterocycles. The maximum absolute atomic E-state index is 5.50. The van der Waals surface area contributed by atoms with E-state index in [0.717, 1.165) is 6.61 Å². The third-order valence-corrected chi connectivity index (χ3v) is 1.82. The Kier molecular flexibility index (Phi) is 6.29. The van der Waals surface area contributed by atoms with E-state index in [0.29, 0.717) is 6.10 Å². The van der Waals surface area contributed by atoms with Gasteiger partial charge in [0.1, 0.15) is 0 Å². The second kappa shape index (κ2) is 5.68. The summed E-state index contributed by atoms with van der Waals surface area (Å²) in [4.78, 5) is 0. The molecule has 0 amide bonds. The Hall–Kier alpha value is 1.06. The average molecular weight is 216 g/mol. The minimum Gasteiger partial charge on any atom is -0.410 e. The van der Waals surface area contributed by atoms with E-state index >= 15 is 0 Å². The first-order valence-electron chi connectivity index (χ1n) is 3.72. The number of hydrogen-bond donors (Lipinski definition) is 0. The van der Waals surface area contributed by atoms with Crippen LogP contribution >= 0.6 is 0 Å². The molecule has 2 heteroatoms. The van der Waals surface area contributed by atoms with Crippen molar-refractivity contribution < 1.29 is 37.4 Å². The van der Waals surface area contributed by atoms with E-state index < -0.39 is 0 Å². The van der Waals surface area contributed by atoms with E-state index in [1.807, 2.05) is 0 Å². The van der Waals surface area contributed by atoms with Crippen LogP contribution in [-0.4, -0.2) is 12.7 Å². The molecule has 0 aliphatic carbocycles. The van der Waals surface area contributed by atoms with Crippen molar-refractivity contribution in [1.29, 1.82) is 0 Å². The smallest absolute Gasteiger partial charge is 0.0434 e. The molecule has 1 rings (SSSR count). The van der Waals surface area contributed by atoms with Crippen molar-refractivity contribution in [3.63, 3.8) is 0 Å². The van der Waals surface area contributed by atoms with E-state index in [1.165, 1.54) is 25.2 Å². The van der Waals surface area contributed by atoms with Gasteiger partial charge in [0.15, 0.2) is 0 Å². The first kappa shape index (κ1) is 11.1. The van der Waals surface area contributed by atoms with Crippen LogP contribution in [-0.2, 0) is 37.4 Å². The Labute approximate surface area is 88.8 Å². The summed E-state index contributed by atoms with van der Waals surface area (Å²) in [7, 11) is 0. The van der Waals surface area contributed by atoms with E-state index in [-0.39, 0.29) is 32.7 Å². The molecule has 1 atom stereocenters. The maximum atomic E-state index is 5.50. The molecule has 1 unspecified atom stereocenters. The second-order valence-electron chi connectivity index (χ2n) is 2.93. The third kappa shape index (κ3) is 3.45. The Balaban J connectivity index is 0.000000810. The molecule has 0 spiro atoms. The van der Waals surface area contributed by atoms with E-state index in [9.17, 15) is 0 Å². The van der Waals surface area contributed by atoms with Crippen LogP contribution in [0.4, 0.5) is 0 Å². The summed E-state index contributed by atoms with van der Waals surface area (Å²) >= 11 is 0. The number of ether oxygens (including phenoxy) is 1. The van der Waals surface area contributed by atoms with E-state index in [2.05, 4.69) is 13.8 Å². The van der Waals surface area contributed by atoms with Gasteiger partial charge in [-0.3, -0.25) is 5.92 Å². The van der Waals surface area contributed by atoms with E-state index in [1.54, 1.807) is 0 Å². The van der Waals surface area contributed by atoms with E-state index in [4.69, 9.17) is 4.74 Å². The standard InChI is InChI=1S/C8H15O.Y/c1-7(2)8-5-3-4-6-9-8;/h8H,3-6H2,1-2H3;/q-1;. The molecular formula is C8H15OY-. The van der Waals surface area contributed by atoms with Crippen molar-refractivity contribution >= 4 is 0 Å². The zero-order valence-electron chi connectivity index (χ0n) is 6.89. The van der Waals surface area contributed by atoms with Gasteiger partial charge in [0.25, 0.3) is 0 Å². The van der Waals surface area contributed by atoms with Crippen molar-refractivity contribution in [3.05, 3.63) is 5.92 Å². The van der Waals surface area contributed by atoms with Crippen molar-refractivity contribution in [3.8, 4) is 0 Å². The van der Waals surface area contributed by atoms with Crippen molar-refractivity contribution in [2.45, 2.75) is 39.2 Å². The predicted molar refractivity (Wildman–Crippen MR) is 38.2 cm³/mol. The first-order chi connectivity index (χ1) is 4.30. The topological polar surface area (TPSA) is 9.23 Å². The molecule has 1 aliphatic heterocycles. The zero-order chi connectivity index (χ0) is 6.69. The van der Waals surface area contributed by atoms with Gasteiger partial charge in [0.05, 0.1) is 0 Å². The normalized spacial score (nSPS) is 26.1. The molecular weight excluding hydrogens is 201 g/mol. The molecule has 57 valence electrons. The van der Waals surface area contributed by atoms with Crippen LogP contribution in [0.2, 0.25) is 0 Å². The van der Waals surface area contributed by atoms with Crippen molar-refractivity contribution in [2.24, 2.45) is 0 Å². The van der Waals surface area contributed by atoms with Gasteiger partial charge in [-0.25, -0.2) is 0 Å². The fourth-order valence-corrected chi connectivity index (χ4v) is 1.20. The molecule has 1 heterocycles. The Bertz CT molecular complexity index is 77.3. The molecule has 0 aromatic rings. The Morgan fingerprint density at radius 1 is 1.30 bits per heavy atom. The van der Waals surface area contributed by atoms with Crippen LogP contribution in [0.5, 0.6) is 0 Å². The summed E-state index contributed by atoms with van der Waals surface area (Å²) in [5.41, 5.74) is 0. The van der Waals surface area contributed by atoms with Crippen LogP contribution in [0.1, 0.15) is 33.1 Å². The SMILES string of the molecule is C[C-](C)C1CCCCO1.[Y]. The molecule has 1 nitrogen and oxygen atoms in total. The fraction of sp³-hybridized carbons (Fsp3) is 0.875. The zero-order valence-corrected chi connectivity index (χ0v) is 9.73. The number of rotatable bonds is 1. The largest absolute Gasteiger partial charge is 0.410 e. The van der Waals surface area contributed by atoms with Gasteiger partial charge in [-0.2, -0.15) is 13.8 Å². The minimum absolute atomic E-state index is 0. The molecule has 0 aromatic carbocycles. The second-order valence-corrected chi connectivity index (χ2v) is 2.93. The summed E-state index contributed by atoms with van der Waals surface area (Å²) in [5, 5.41) is 0. The quantitative estimate of drug-likeness (QED) is 0.610. The Morgan fingerprint density at radius 3 is 2.30 bits per heavy atom. The molecule has 0 saturated carbocycles.